The van der Waals surface area contributed by atoms with E-state index >= 15 is 4.39 Å². The third kappa shape index (κ3) is 5.40. The fourth-order valence-electron chi connectivity index (χ4n) is 5.80. The fourth-order valence-corrected chi connectivity index (χ4v) is 5.80. The number of anilines is 1. The minimum Gasteiger partial charge on any atom is -0.350 e. The van der Waals surface area contributed by atoms with Crippen LogP contribution in [0.2, 0.25) is 0 Å². The Morgan fingerprint density at radius 2 is 1.89 bits per heavy atom. The van der Waals surface area contributed by atoms with Gasteiger partial charge in [-0.25, -0.2) is 23.1 Å². The number of piperazine rings is 1. The van der Waals surface area contributed by atoms with E-state index in [1.165, 1.54) is 21.6 Å². The van der Waals surface area contributed by atoms with E-state index in [-0.39, 0.29) is 54.0 Å². The van der Waals surface area contributed by atoms with Crippen LogP contribution in [-0.4, -0.2) is 56.0 Å². The van der Waals surface area contributed by atoms with Crippen molar-refractivity contribution in [3.63, 3.8) is 0 Å². The summed E-state index contributed by atoms with van der Waals surface area (Å²) in [6, 6.07) is 9.49. The predicted molar refractivity (Wildman–Crippen MR) is 170 cm³/mol. The summed E-state index contributed by atoms with van der Waals surface area (Å²) in [6.07, 6.45) is 3.01. The molecule has 1 amide bonds. The highest BCUT2D eigenvalue weighted by Crippen LogP contribution is 2.35. The van der Waals surface area contributed by atoms with E-state index in [9.17, 15) is 14.0 Å². The minimum atomic E-state index is -1.05. The topological polar surface area (TPSA) is 84.2 Å². The minimum absolute atomic E-state index is 0.00803. The lowest BCUT2D eigenvalue weighted by molar-refractivity contribution is -0.129. The van der Waals surface area contributed by atoms with E-state index in [0.29, 0.717) is 22.5 Å². The standard InChI is InChI=1S/C34H36F2N6O2/c1-8-23-11-9-10-12-25(23)29-27(36)17-26-31(41-16-15-40(18-21(41)6)33(43)22(7)35)39-34(44)42(32(26)38-29)30-24(19(2)3)13-14-37-28(30)20(4)5/h8-14,17,19-21H,1,7,15-16,18H2,2-6H3/t21-/m0/s1/i1D2. The number of fused-ring (bicyclic) bond motifs is 1. The first kappa shape index (κ1) is 28.1. The number of pyridine rings is 2. The number of rotatable bonds is 7. The van der Waals surface area contributed by atoms with Gasteiger partial charge in [-0.05, 0) is 42.0 Å². The number of hydrogen-bond donors (Lipinski definition) is 0. The number of nitrogens with zero attached hydrogens (tertiary/aromatic N) is 6. The van der Waals surface area contributed by atoms with E-state index < -0.39 is 35.8 Å². The molecule has 1 saturated heterocycles. The molecule has 0 unspecified atom stereocenters. The molecule has 0 saturated carbocycles. The number of amides is 1. The van der Waals surface area contributed by atoms with Gasteiger partial charge in [-0.1, -0.05) is 71.1 Å². The van der Waals surface area contributed by atoms with Crippen molar-refractivity contribution in [3.05, 3.63) is 94.7 Å². The van der Waals surface area contributed by atoms with Crippen LogP contribution in [-0.2, 0) is 4.79 Å². The van der Waals surface area contributed by atoms with Crippen LogP contribution in [0.1, 0.15) is 66.0 Å². The van der Waals surface area contributed by atoms with E-state index in [1.807, 2.05) is 40.7 Å². The lowest BCUT2D eigenvalue weighted by atomic mass is 9.97. The summed E-state index contributed by atoms with van der Waals surface area (Å²) >= 11 is 0. The van der Waals surface area contributed by atoms with E-state index in [2.05, 4.69) is 16.5 Å². The largest absolute Gasteiger partial charge is 0.355 e. The van der Waals surface area contributed by atoms with Gasteiger partial charge in [0, 0.05) is 37.4 Å². The van der Waals surface area contributed by atoms with Crippen LogP contribution in [0.3, 0.4) is 0 Å². The summed E-state index contributed by atoms with van der Waals surface area (Å²) in [5.41, 5.74) is 2.26. The van der Waals surface area contributed by atoms with Gasteiger partial charge in [0.25, 0.3) is 5.91 Å². The molecule has 5 rings (SSSR count). The van der Waals surface area contributed by atoms with Crippen LogP contribution >= 0.6 is 0 Å². The van der Waals surface area contributed by atoms with Crippen molar-refractivity contribution < 1.29 is 16.3 Å². The molecule has 0 N–H and O–H groups in total. The average Bonchev–Trinajstić information content (AvgIpc) is 3.00. The Labute approximate surface area is 258 Å². The molecule has 0 bridgehead atoms. The SMILES string of the molecule is [2H]C([2H])=Cc1ccccc1-c1nc2c(cc1F)c(N1CCN(C(=O)C(=C)F)C[C@@H]1C)nc(=O)n2-c1c(C(C)C)ccnc1C(C)C. The van der Waals surface area contributed by atoms with E-state index in [1.54, 1.807) is 35.4 Å². The fraction of sp³-hybridized carbons (Fsp3) is 0.324. The van der Waals surface area contributed by atoms with Crippen LogP contribution in [0.5, 0.6) is 0 Å². The molecule has 4 heterocycles. The highest BCUT2D eigenvalue weighted by atomic mass is 19.1. The lowest BCUT2D eigenvalue weighted by Gasteiger charge is -2.40. The molecule has 0 aliphatic carbocycles. The molecular formula is C34H36F2N6O2. The van der Waals surface area contributed by atoms with Crippen molar-refractivity contribution in [2.75, 3.05) is 24.5 Å². The molecule has 0 spiro atoms. The molecule has 44 heavy (non-hydrogen) atoms. The molecule has 8 nitrogen and oxygen atoms in total. The monoisotopic (exact) mass is 600 g/mol. The average molecular weight is 601 g/mol. The Kier molecular flexibility index (Phi) is 7.72. The Hall–Kier alpha value is -4.73. The third-order valence-corrected chi connectivity index (χ3v) is 7.97. The van der Waals surface area contributed by atoms with E-state index in [0.717, 1.165) is 5.56 Å². The van der Waals surface area contributed by atoms with Crippen LogP contribution in [0.4, 0.5) is 14.6 Å². The maximum absolute atomic E-state index is 16.2. The van der Waals surface area contributed by atoms with Crippen LogP contribution < -0.4 is 10.6 Å². The van der Waals surface area contributed by atoms with Gasteiger partial charge in [0.05, 0.1) is 19.5 Å². The number of carbonyl (C=O) groups is 1. The van der Waals surface area contributed by atoms with Gasteiger partial charge in [-0.2, -0.15) is 4.98 Å². The quantitative estimate of drug-likeness (QED) is 0.229. The molecule has 3 aromatic heterocycles. The number of hydrogen-bond acceptors (Lipinski definition) is 6. The van der Waals surface area contributed by atoms with Crippen molar-refractivity contribution in [1.29, 1.82) is 0 Å². The molecule has 1 aromatic carbocycles. The molecular weight excluding hydrogens is 562 g/mol. The Bertz CT molecular complexity index is 1910. The van der Waals surface area contributed by atoms with Crippen molar-refractivity contribution >= 4 is 28.8 Å². The first-order valence-corrected chi connectivity index (χ1v) is 14.6. The highest BCUT2D eigenvalue weighted by Gasteiger charge is 2.32. The van der Waals surface area contributed by atoms with Crippen LogP contribution in [0, 0.1) is 5.82 Å². The highest BCUT2D eigenvalue weighted by molar-refractivity contribution is 5.92. The van der Waals surface area contributed by atoms with Crippen LogP contribution in [0.25, 0.3) is 34.1 Å². The maximum atomic E-state index is 16.2. The number of halogens is 2. The van der Waals surface area contributed by atoms with Crippen molar-refractivity contribution in [2.45, 2.75) is 52.5 Å². The summed E-state index contributed by atoms with van der Waals surface area (Å²) < 4.78 is 46.7. The third-order valence-electron chi connectivity index (χ3n) is 7.97. The van der Waals surface area contributed by atoms with Gasteiger partial charge in [0.2, 0.25) is 0 Å². The summed E-state index contributed by atoms with van der Waals surface area (Å²) in [5, 5.41) is 0.269. The lowest BCUT2D eigenvalue weighted by Crippen LogP contribution is -2.54. The zero-order valence-electron chi connectivity index (χ0n) is 27.4. The molecule has 1 fully saturated rings. The first-order valence-electron chi connectivity index (χ1n) is 15.6. The van der Waals surface area contributed by atoms with E-state index in [4.69, 9.17) is 7.73 Å². The summed E-state index contributed by atoms with van der Waals surface area (Å²) in [7, 11) is 0. The summed E-state index contributed by atoms with van der Waals surface area (Å²) in [6.45, 7) is 12.9. The van der Waals surface area contributed by atoms with Crippen molar-refractivity contribution in [1.82, 2.24) is 24.4 Å². The van der Waals surface area contributed by atoms with Gasteiger partial charge in [-0.15, -0.1) is 0 Å². The molecule has 4 aromatic rings. The second kappa shape index (κ2) is 12.1. The zero-order valence-corrected chi connectivity index (χ0v) is 25.4. The van der Waals surface area contributed by atoms with Gasteiger partial charge in [-0.3, -0.25) is 9.78 Å². The molecule has 228 valence electrons. The van der Waals surface area contributed by atoms with Crippen molar-refractivity contribution in [3.8, 4) is 16.9 Å². The smallest absolute Gasteiger partial charge is 0.350 e. The first-order chi connectivity index (χ1) is 21.8. The summed E-state index contributed by atoms with van der Waals surface area (Å²) in [5.74, 6) is -2.43. The second-order valence-electron chi connectivity index (χ2n) is 11.6. The van der Waals surface area contributed by atoms with Gasteiger partial charge >= 0.3 is 5.69 Å². The van der Waals surface area contributed by atoms with Gasteiger partial charge < -0.3 is 9.80 Å². The maximum Gasteiger partial charge on any atom is 0.355 e. The molecule has 0 radical (unpaired) electrons. The van der Waals surface area contributed by atoms with Crippen molar-refractivity contribution in [2.24, 2.45) is 0 Å². The predicted octanol–water partition coefficient (Wildman–Crippen LogP) is 6.39. The molecule has 1 aliphatic heterocycles. The summed E-state index contributed by atoms with van der Waals surface area (Å²) in [4.78, 5) is 43.6. The Morgan fingerprint density at radius 1 is 1.14 bits per heavy atom. The van der Waals surface area contributed by atoms with Crippen LogP contribution in [0.15, 0.2) is 66.3 Å². The molecule has 10 heteroatoms. The zero-order chi connectivity index (χ0) is 33.4. The molecule has 1 aliphatic rings. The number of benzene rings is 1. The molecule has 1 atom stereocenters. The Balaban J connectivity index is 1.84. The van der Waals surface area contributed by atoms with Gasteiger partial charge in [0.15, 0.2) is 11.5 Å². The normalized spacial score (nSPS) is 15.9. The number of carbonyl (C=O) groups excluding carboxylic acids is 1. The second-order valence-corrected chi connectivity index (χ2v) is 11.6. The Morgan fingerprint density at radius 3 is 2.55 bits per heavy atom. The number of aromatic nitrogens is 4. The van der Waals surface area contributed by atoms with Gasteiger partial charge in [0.1, 0.15) is 17.3 Å².